The van der Waals surface area contributed by atoms with Gasteiger partial charge in [0.1, 0.15) is 0 Å². The highest BCUT2D eigenvalue weighted by atomic mass is 35.5. The summed E-state index contributed by atoms with van der Waals surface area (Å²) < 4.78 is 0. The second kappa shape index (κ2) is 4.27. The average molecular weight is 252 g/mol. The summed E-state index contributed by atoms with van der Waals surface area (Å²) >= 11 is 6.15. The van der Waals surface area contributed by atoms with Gasteiger partial charge in [0.25, 0.3) is 0 Å². The molecule has 0 spiro atoms. The van der Waals surface area contributed by atoms with Crippen molar-refractivity contribution in [2.75, 3.05) is 13.1 Å². The highest BCUT2D eigenvalue weighted by molar-refractivity contribution is 6.31. The molecule has 0 aromatic carbocycles. The van der Waals surface area contributed by atoms with Crippen LogP contribution in [0.4, 0.5) is 0 Å². The summed E-state index contributed by atoms with van der Waals surface area (Å²) in [6.07, 6.45) is 9.85. The van der Waals surface area contributed by atoms with Crippen molar-refractivity contribution in [3.8, 4) is 0 Å². The van der Waals surface area contributed by atoms with Crippen LogP contribution in [0.1, 0.15) is 25.7 Å². The molecule has 2 atom stereocenters. The third-order valence-electron chi connectivity index (χ3n) is 4.32. The van der Waals surface area contributed by atoms with Gasteiger partial charge in [0.15, 0.2) is 0 Å². The van der Waals surface area contributed by atoms with E-state index in [4.69, 9.17) is 11.6 Å². The first-order valence-corrected chi connectivity index (χ1v) is 6.78. The summed E-state index contributed by atoms with van der Waals surface area (Å²) in [5.74, 6) is 0.250. The number of allylic oxidation sites excluding steroid dienone is 4. The molecule has 0 aromatic rings. The Morgan fingerprint density at radius 3 is 3.06 bits per heavy atom. The van der Waals surface area contributed by atoms with Crippen LogP contribution in [-0.4, -0.2) is 23.8 Å². The Bertz CT molecular complexity index is 424. The second-order valence-corrected chi connectivity index (χ2v) is 5.66. The van der Waals surface area contributed by atoms with Crippen molar-refractivity contribution in [3.63, 3.8) is 0 Å². The van der Waals surface area contributed by atoms with Crippen LogP contribution in [0.15, 0.2) is 34.4 Å². The third kappa shape index (κ3) is 1.88. The molecule has 0 radical (unpaired) electrons. The average Bonchev–Trinajstić information content (AvgIpc) is 2.46. The lowest BCUT2D eigenvalue weighted by Crippen LogP contribution is -2.44. The van der Waals surface area contributed by atoms with Gasteiger partial charge >= 0.3 is 0 Å². The Labute approximate surface area is 107 Å². The van der Waals surface area contributed by atoms with Gasteiger partial charge in [-0.15, -0.1) is 0 Å². The van der Waals surface area contributed by atoms with Crippen LogP contribution in [0.2, 0.25) is 0 Å². The molecule has 1 heterocycles. The lowest BCUT2D eigenvalue weighted by Gasteiger charge is -2.43. The summed E-state index contributed by atoms with van der Waals surface area (Å²) in [6, 6.07) is 0. The molecular weight excluding hydrogens is 234 g/mol. The van der Waals surface area contributed by atoms with E-state index >= 15 is 0 Å². The molecule has 1 aliphatic heterocycles. The first kappa shape index (κ1) is 11.5. The standard InChI is InChI=1S/C14H18ClNO/c15-12-4-3-11-2-1-10(9-12)13-5-7-16-8-6-14(11,13)17/h3-4,9,13,16-17H,1-2,5-8H2/b10-9-,11-3?,12-4+. The molecule has 2 unspecified atom stereocenters. The van der Waals surface area contributed by atoms with Crippen molar-refractivity contribution < 1.29 is 5.11 Å². The number of aliphatic hydroxyl groups is 1. The van der Waals surface area contributed by atoms with Crippen LogP contribution in [0.5, 0.6) is 0 Å². The Morgan fingerprint density at radius 1 is 1.29 bits per heavy atom. The number of rotatable bonds is 0. The fourth-order valence-electron chi connectivity index (χ4n) is 3.42. The lowest BCUT2D eigenvalue weighted by atomic mass is 9.66. The SMILES string of the molecule is OC12CCNCCC1/C1=C\C(Cl)=C/C=C2CC1. The maximum atomic E-state index is 11.0. The summed E-state index contributed by atoms with van der Waals surface area (Å²) in [4.78, 5) is 0. The molecule has 17 heavy (non-hydrogen) atoms. The minimum absolute atomic E-state index is 0.250. The first-order chi connectivity index (χ1) is 8.20. The molecule has 1 saturated carbocycles. The summed E-state index contributed by atoms with van der Waals surface area (Å²) in [6.45, 7) is 1.88. The van der Waals surface area contributed by atoms with Gasteiger partial charge in [0, 0.05) is 11.0 Å². The maximum absolute atomic E-state index is 11.0. The molecule has 2 nitrogen and oxygen atoms in total. The van der Waals surface area contributed by atoms with E-state index in [0.29, 0.717) is 0 Å². The van der Waals surface area contributed by atoms with Crippen LogP contribution >= 0.6 is 11.6 Å². The molecule has 3 rings (SSSR count). The van der Waals surface area contributed by atoms with Crippen molar-refractivity contribution >= 4 is 11.6 Å². The minimum atomic E-state index is -0.637. The lowest BCUT2D eigenvalue weighted by molar-refractivity contribution is 0.0155. The Balaban J connectivity index is 2.11. The molecule has 2 fully saturated rings. The van der Waals surface area contributed by atoms with E-state index in [1.165, 1.54) is 11.1 Å². The zero-order valence-electron chi connectivity index (χ0n) is 9.88. The normalized spacial score (nSPS) is 43.2. The van der Waals surface area contributed by atoms with Gasteiger partial charge in [-0.2, -0.15) is 0 Å². The van der Waals surface area contributed by atoms with Gasteiger partial charge in [-0.25, -0.2) is 0 Å². The Morgan fingerprint density at radius 2 is 2.18 bits per heavy atom. The topological polar surface area (TPSA) is 32.3 Å². The Kier molecular flexibility index (Phi) is 2.89. The summed E-state index contributed by atoms with van der Waals surface area (Å²) in [7, 11) is 0. The van der Waals surface area contributed by atoms with Crippen LogP contribution in [0.3, 0.4) is 0 Å². The van der Waals surface area contributed by atoms with E-state index in [-0.39, 0.29) is 5.92 Å². The summed E-state index contributed by atoms with van der Waals surface area (Å²) in [5, 5.41) is 15.2. The molecule has 0 aromatic heterocycles. The van der Waals surface area contributed by atoms with Crippen LogP contribution in [0, 0.1) is 5.92 Å². The van der Waals surface area contributed by atoms with Crippen LogP contribution in [-0.2, 0) is 0 Å². The maximum Gasteiger partial charge on any atom is 0.0937 e. The van der Waals surface area contributed by atoms with Gasteiger partial charge < -0.3 is 10.4 Å². The van der Waals surface area contributed by atoms with Crippen molar-refractivity contribution in [3.05, 3.63) is 34.4 Å². The highest BCUT2D eigenvalue weighted by Crippen LogP contribution is 2.47. The summed E-state index contributed by atoms with van der Waals surface area (Å²) in [5.41, 5.74) is 1.86. The minimum Gasteiger partial charge on any atom is -0.385 e. The predicted molar refractivity (Wildman–Crippen MR) is 69.9 cm³/mol. The van der Waals surface area contributed by atoms with Gasteiger partial charge in [0.2, 0.25) is 0 Å². The number of hydrogen-bond donors (Lipinski definition) is 2. The van der Waals surface area contributed by atoms with Crippen molar-refractivity contribution in [1.29, 1.82) is 0 Å². The molecule has 2 bridgehead atoms. The van der Waals surface area contributed by atoms with Crippen LogP contribution < -0.4 is 5.32 Å². The number of hydrogen-bond acceptors (Lipinski definition) is 2. The molecule has 92 valence electrons. The van der Waals surface area contributed by atoms with Crippen molar-refractivity contribution in [2.24, 2.45) is 5.92 Å². The van der Waals surface area contributed by atoms with Crippen LogP contribution in [0.25, 0.3) is 0 Å². The second-order valence-electron chi connectivity index (χ2n) is 5.23. The van der Waals surface area contributed by atoms with Gasteiger partial charge in [0.05, 0.1) is 5.60 Å². The smallest absolute Gasteiger partial charge is 0.0937 e. The first-order valence-electron chi connectivity index (χ1n) is 6.40. The third-order valence-corrected chi connectivity index (χ3v) is 4.56. The molecule has 2 N–H and O–H groups in total. The van der Waals surface area contributed by atoms with Crippen molar-refractivity contribution in [2.45, 2.75) is 31.3 Å². The van der Waals surface area contributed by atoms with Gasteiger partial charge in [-0.05, 0) is 56.5 Å². The molecule has 3 heteroatoms. The fraction of sp³-hybridized carbons (Fsp3) is 0.571. The van der Waals surface area contributed by atoms with E-state index in [1.54, 1.807) is 0 Å². The molecular formula is C14H18ClNO. The molecule has 3 aliphatic rings. The van der Waals surface area contributed by atoms with Gasteiger partial charge in [-0.1, -0.05) is 23.3 Å². The van der Waals surface area contributed by atoms with E-state index in [1.807, 2.05) is 12.2 Å². The van der Waals surface area contributed by atoms with E-state index in [2.05, 4.69) is 11.4 Å². The van der Waals surface area contributed by atoms with Gasteiger partial charge in [-0.3, -0.25) is 0 Å². The van der Waals surface area contributed by atoms with E-state index in [0.717, 1.165) is 43.8 Å². The zero-order chi connectivity index (χ0) is 11.9. The largest absolute Gasteiger partial charge is 0.385 e. The number of halogens is 1. The fourth-order valence-corrected chi connectivity index (χ4v) is 3.62. The molecule has 0 amide bonds. The van der Waals surface area contributed by atoms with Crippen molar-refractivity contribution in [1.82, 2.24) is 5.32 Å². The van der Waals surface area contributed by atoms with E-state index in [9.17, 15) is 5.11 Å². The van der Waals surface area contributed by atoms with E-state index < -0.39 is 5.60 Å². The number of nitrogens with one attached hydrogen (secondary N) is 1. The zero-order valence-corrected chi connectivity index (χ0v) is 10.6. The molecule has 2 aliphatic carbocycles. The highest BCUT2D eigenvalue weighted by Gasteiger charge is 2.45. The monoisotopic (exact) mass is 251 g/mol. The molecule has 1 saturated heterocycles. The quantitative estimate of drug-likeness (QED) is 0.693. The Hall–Kier alpha value is -0.570. The predicted octanol–water partition coefficient (Wildman–Crippen LogP) is 2.50.